The summed E-state index contributed by atoms with van der Waals surface area (Å²) in [4.78, 5) is 12.9. The third-order valence-electron chi connectivity index (χ3n) is 4.19. The molecule has 0 aliphatic heterocycles. The number of nitrogens with zero attached hydrogens (tertiary/aromatic N) is 1. The van der Waals surface area contributed by atoms with Crippen molar-refractivity contribution >= 4 is 44.4 Å². The van der Waals surface area contributed by atoms with Gasteiger partial charge >= 0.3 is 0 Å². The minimum atomic E-state index is 0. The van der Waals surface area contributed by atoms with Crippen molar-refractivity contribution in [3.63, 3.8) is 0 Å². The average Bonchev–Trinajstić information content (AvgIpc) is 2.61. The lowest BCUT2D eigenvalue weighted by Gasteiger charge is -2.05. The van der Waals surface area contributed by atoms with E-state index in [1.165, 1.54) is 0 Å². The molecule has 0 aliphatic carbocycles. The summed E-state index contributed by atoms with van der Waals surface area (Å²) in [5.41, 5.74) is 1.85. The zero-order chi connectivity index (χ0) is 15.6. The van der Waals surface area contributed by atoms with E-state index in [9.17, 15) is 4.79 Å². The molecule has 0 unspecified atom stereocenters. The number of rotatable bonds is 3. The van der Waals surface area contributed by atoms with Crippen LogP contribution in [0.5, 0.6) is 0 Å². The van der Waals surface area contributed by atoms with Crippen molar-refractivity contribution in [2.24, 2.45) is 0 Å². The number of ketones is 1. The van der Waals surface area contributed by atoms with Gasteiger partial charge in [-0.25, -0.2) is 0 Å². The van der Waals surface area contributed by atoms with Crippen LogP contribution >= 0.6 is 17.0 Å². The fraction of sp³-hybridized carbons (Fsp3) is 0.0476. The van der Waals surface area contributed by atoms with Crippen LogP contribution in [0.3, 0.4) is 0 Å². The summed E-state index contributed by atoms with van der Waals surface area (Å²) in [7, 11) is 0. The van der Waals surface area contributed by atoms with Crippen LogP contribution in [-0.4, -0.2) is 11.3 Å². The van der Waals surface area contributed by atoms with E-state index in [2.05, 4.69) is 12.1 Å². The zero-order valence-electron chi connectivity index (χ0n) is 13.6. The van der Waals surface area contributed by atoms with Gasteiger partial charge in [0.2, 0.25) is 17.8 Å². The van der Waals surface area contributed by atoms with Crippen LogP contribution in [-0.2, 0) is 6.54 Å². The van der Waals surface area contributed by atoms with Crippen LogP contribution in [0, 0.1) is 0 Å². The van der Waals surface area contributed by atoms with Crippen molar-refractivity contribution in [3.8, 4) is 0 Å². The maximum absolute atomic E-state index is 12.9. The van der Waals surface area contributed by atoms with Crippen molar-refractivity contribution in [2.45, 2.75) is 6.54 Å². The molecule has 4 heteroatoms. The monoisotopic (exact) mass is 396 g/mol. The van der Waals surface area contributed by atoms with Crippen LogP contribution in [0.2, 0.25) is 0 Å². The minimum absolute atomic E-state index is 0. The van der Waals surface area contributed by atoms with Gasteiger partial charge < -0.3 is 5.48 Å². The Balaban J connectivity index is 0.00000113. The van der Waals surface area contributed by atoms with Crippen molar-refractivity contribution in [2.75, 3.05) is 0 Å². The Morgan fingerprint density at radius 3 is 2.24 bits per heavy atom. The van der Waals surface area contributed by atoms with E-state index in [4.69, 9.17) is 0 Å². The van der Waals surface area contributed by atoms with Crippen molar-refractivity contribution < 1.29 is 14.8 Å². The predicted octanol–water partition coefficient (Wildman–Crippen LogP) is 3.92. The van der Waals surface area contributed by atoms with Crippen molar-refractivity contribution in [1.29, 1.82) is 0 Å². The van der Waals surface area contributed by atoms with Gasteiger partial charge in [0.1, 0.15) is 0 Å². The van der Waals surface area contributed by atoms with E-state index in [1.807, 2.05) is 77.5 Å². The molecule has 4 aromatic rings. The number of halogens is 1. The molecule has 0 saturated heterocycles. The Morgan fingerprint density at radius 1 is 0.760 bits per heavy atom. The molecule has 2 N–H and O–H groups in total. The van der Waals surface area contributed by atoms with Crippen LogP contribution in [0.4, 0.5) is 0 Å². The Hall–Kier alpha value is -2.56. The van der Waals surface area contributed by atoms with E-state index >= 15 is 0 Å². The smallest absolute Gasteiger partial charge is 0.228 e. The largest absolute Gasteiger partial charge is 0.412 e. The highest BCUT2D eigenvalue weighted by Crippen LogP contribution is 2.19. The van der Waals surface area contributed by atoms with Crippen LogP contribution in [0.1, 0.15) is 10.4 Å². The van der Waals surface area contributed by atoms with E-state index in [0.29, 0.717) is 6.54 Å². The van der Waals surface area contributed by atoms with Gasteiger partial charge in [-0.1, -0.05) is 54.6 Å². The third kappa shape index (κ3) is 3.60. The molecular weight excluding hydrogens is 378 g/mol. The first-order valence-electron chi connectivity index (χ1n) is 7.71. The second-order valence-corrected chi connectivity index (χ2v) is 5.64. The number of para-hydroxylation sites is 1. The van der Waals surface area contributed by atoms with Crippen LogP contribution in [0.25, 0.3) is 21.7 Å². The molecule has 3 nitrogen and oxygen atoms in total. The molecule has 0 atom stereocenters. The normalized spacial score (nSPS) is 10.1. The fourth-order valence-corrected chi connectivity index (χ4v) is 3.07. The van der Waals surface area contributed by atoms with Crippen LogP contribution in [0.15, 0.2) is 85.1 Å². The fourth-order valence-electron chi connectivity index (χ4n) is 3.07. The van der Waals surface area contributed by atoms with Gasteiger partial charge in [-0.2, -0.15) is 4.57 Å². The lowest BCUT2D eigenvalue weighted by molar-refractivity contribution is -0.657. The first kappa shape index (κ1) is 18.8. The number of carbonyl (C=O) groups excluding carboxylic acids is 1. The van der Waals surface area contributed by atoms with E-state index in [-0.39, 0.29) is 28.2 Å². The molecule has 1 aromatic heterocycles. The number of hydrogen-bond donors (Lipinski definition) is 0. The lowest BCUT2D eigenvalue weighted by Crippen LogP contribution is -2.38. The number of pyridine rings is 1. The summed E-state index contributed by atoms with van der Waals surface area (Å²) in [6.07, 6.45) is 1.96. The van der Waals surface area contributed by atoms with Gasteiger partial charge in [0.15, 0.2) is 6.20 Å². The second kappa shape index (κ2) is 8.01. The summed E-state index contributed by atoms with van der Waals surface area (Å²) in [5, 5.41) is 3.25. The van der Waals surface area contributed by atoms with Gasteiger partial charge in [-0.05, 0) is 22.9 Å². The minimum Gasteiger partial charge on any atom is -0.412 e. The van der Waals surface area contributed by atoms with Gasteiger partial charge in [0.25, 0.3) is 0 Å². The first-order valence-corrected chi connectivity index (χ1v) is 7.71. The highest BCUT2D eigenvalue weighted by molar-refractivity contribution is 8.93. The highest BCUT2D eigenvalue weighted by atomic mass is 79.9. The number of Topliss-reactive ketones (excluding diaryl/α,β-unsaturated/α-hetero) is 1. The Kier molecular flexibility index (Phi) is 6.02. The Morgan fingerprint density at radius 2 is 1.40 bits per heavy atom. The number of fused-ring (bicyclic) bond motifs is 2. The molecule has 25 heavy (non-hydrogen) atoms. The molecule has 0 radical (unpaired) electrons. The maximum atomic E-state index is 12.9. The average molecular weight is 397 g/mol. The van der Waals surface area contributed by atoms with Crippen LogP contribution < -0.4 is 4.57 Å². The van der Waals surface area contributed by atoms with E-state index < -0.39 is 0 Å². The summed E-state index contributed by atoms with van der Waals surface area (Å²) in [6, 6.07) is 26.1. The molecule has 0 spiro atoms. The molecular formula is C21H19BrNO2+. The first-order chi connectivity index (χ1) is 11.3. The summed E-state index contributed by atoms with van der Waals surface area (Å²) in [6.45, 7) is 0.343. The molecule has 0 fully saturated rings. The van der Waals surface area contributed by atoms with E-state index in [1.54, 1.807) is 0 Å². The van der Waals surface area contributed by atoms with E-state index in [0.717, 1.165) is 27.2 Å². The maximum Gasteiger partial charge on any atom is 0.228 e. The third-order valence-corrected chi connectivity index (χ3v) is 4.19. The molecule has 0 saturated carbocycles. The Bertz CT molecular complexity index is 1020. The number of aromatic nitrogens is 1. The van der Waals surface area contributed by atoms with Gasteiger partial charge in [-0.3, -0.25) is 4.79 Å². The quantitative estimate of drug-likeness (QED) is 0.382. The van der Waals surface area contributed by atoms with Gasteiger partial charge in [0.05, 0.1) is 0 Å². The SMILES string of the molecule is Br.O.O=C(C[n+]1cccc2ccccc21)c1cccc2ccccc12. The second-order valence-electron chi connectivity index (χ2n) is 5.64. The number of hydrogen-bond acceptors (Lipinski definition) is 1. The molecule has 126 valence electrons. The van der Waals surface area contributed by atoms with Gasteiger partial charge in [0, 0.05) is 23.1 Å². The van der Waals surface area contributed by atoms with Gasteiger partial charge in [-0.15, -0.1) is 17.0 Å². The topological polar surface area (TPSA) is 52.5 Å². The Labute approximate surface area is 156 Å². The summed E-state index contributed by atoms with van der Waals surface area (Å²) >= 11 is 0. The lowest BCUT2D eigenvalue weighted by atomic mass is 10.0. The molecule has 3 aromatic carbocycles. The van der Waals surface area contributed by atoms with Crippen molar-refractivity contribution in [3.05, 3.63) is 90.6 Å². The number of benzene rings is 3. The highest BCUT2D eigenvalue weighted by Gasteiger charge is 2.16. The molecule has 1 heterocycles. The number of carbonyl (C=O) groups is 1. The molecule has 0 amide bonds. The standard InChI is InChI=1S/C21H16NO.BrH.H2O/c23-21(19-12-5-9-16-7-1-3-11-18(16)19)15-22-14-6-10-17-8-2-4-13-20(17)22;;/h1-14H,15H2;1H;1H2/q+1;;. The summed E-state index contributed by atoms with van der Waals surface area (Å²) < 4.78 is 2.01. The predicted molar refractivity (Wildman–Crippen MR) is 106 cm³/mol. The molecule has 4 rings (SSSR count). The zero-order valence-corrected chi connectivity index (χ0v) is 15.3. The summed E-state index contributed by atoms with van der Waals surface area (Å²) in [5.74, 6) is 0.128. The molecule has 0 bridgehead atoms. The molecule has 0 aliphatic rings. The van der Waals surface area contributed by atoms with Crippen molar-refractivity contribution in [1.82, 2.24) is 0 Å².